The number of carboxylic acid groups (broad SMARTS) is 1. The number of hydrogen-bond donors (Lipinski definition) is 3. The molecule has 70 valence electrons. The van der Waals surface area contributed by atoms with Gasteiger partial charge in [-0.25, -0.2) is 0 Å². The van der Waals surface area contributed by atoms with Crippen LogP contribution in [-0.2, 0) is 11.2 Å². The van der Waals surface area contributed by atoms with Crippen LogP contribution >= 0.6 is 0 Å². The first-order valence-corrected chi connectivity index (χ1v) is 3.44. The lowest BCUT2D eigenvalue weighted by Gasteiger charge is -2.05. The number of rotatable bonds is 5. The van der Waals surface area contributed by atoms with E-state index in [0.29, 0.717) is 0 Å². The molecule has 0 radical (unpaired) electrons. The van der Waals surface area contributed by atoms with Crippen molar-refractivity contribution < 1.29 is 21.9 Å². The zero-order valence-corrected chi connectivity index (χ0v) is 6.48. The summed E-state index contributed by atoms with van der Waals surface area (Å²) in [6, 6.07) is 1.05. The van der Waals surface area contributed by atoms with Crippen LogP contribution in [0.2, 0.25) is 2.82 Å². The van der Waals surface area contributed by atoms with E-state index in [1.54, 1.807) is 0 Å². The number of hydrogen-bond acceptors (Lipinski definition) is 4. The minimum atomic E-state index is -2.66. The van der Waals surface area contributed by atoms with Gasteiger partial charge in [0.1, 0.15) is 14.6 Å². The van der Waals surface area contributed by atoms with Crippen LogP contribution in [0.3, 0.4) is 0 Å². The fourth-order valence-electron chi connectivity index (χ4n) is 0.735. The number of aromatic hydroxyl groups is 1. The van der Waals surface area contributed by atoms with E-state index >= 15 is 0 Å². The lowest BCUT2D eigenvalue weighted by molar-refractivity contribution is -0.138. The van der Waals surface area contributed by atoms with Gasteiger partial charge in [0.05, 0.1) is 1.37 Å². The second-order valence-corrected chi connectivity index (χ2v) is 2.30. The number of aliphatic carboxylic acids is 1. The molecule has 0 heterocycles. The van der Waals surface area contributed by atoms with Crippen LogP contribution in [0.4, 0.5) is 0 Å². The molecule has 4 N–H and O–H groups in total. The number of carbonyl (C=O) groups is 1. The fraction of sp³-hybridized carbons (Fsp3) is 0.222. The Labute approximate surface area is 85.7 Å². The van der Waals surface area contributed by atoms with Crippen molar-refractivity contribution in [3.63, 3.8) is 0 Å². The van der Waals surface area contributed by atoms with E-state index in [1.165, 1.54) is 6.07 Å². The summed E-state index contributed by atoms with van der Waals surface area (Å²) in [6.07, 6.45) is -2.66. The van der Waals surface area contributed by atoms with Gasteiger partial charge in [0.25, 0.3) is 2.86 Å². The summed E-state index contributed by atoms with van der Waals surface area (Å²) < 4.78 is 50.8. The summed E-state index contributed by atoms with van der Waals surface area (Å²) in [4.78, 5) is 11.4. The molecule has 0 spiro atoms. The van der Waals surface area contributed by atoms with Crippen molar-refractivity contribution in [1.82, 2.24) is 0 Å². The average molecular weight is 188 g/mol. The van der Waals surface area contributed by atoms with Crippen LogP contribution < -0.4 is 5.72 Å². The molecule has 0 bridgehead atoms. The number of carboxylic acids is 1. The van der Waals surface area contributed by atoms with E-state index in [0.717, 1.165) is 12.1 Å². The van der Waals surface area contributed by atoms with Gasteiger partial charge in [0.15, 0.2) is 0 Å². The molecule has 0 saturated heterocycles. The van der Waals surface area contributed by atoms with Crippen LogP contribution in [0.15, 0.2) is 24.2 Å². The summed E-state index contributed by atoms with van der Waals surface area (Å²) in [5.74, 6) is -1.52. The topological polar surface area (TPSA) is 83.5 Å². The average Bonchev–Trinajstić information content (AvgIpc) is 2.38. The standard InChI is InChI=1S/C9H11NO3/c10-8(9(12)13)5-6-2-1-3-7(11)4-6/h1-4,8,11H,5,10H2,(H,12,13)/t8-/m0/s1/i2D,5D2/hD4. The Bertz CT molecular complexity index is 496. The van der Waals surface area contributed by atoms with Crippen molar-refractivity contribution in [1.29, 1.82) is 2.86 Å². The van der Waals surface area contributed by atoms with E-state index in [2.05, 4.69) is 10.2 Å². The number of phenolic OH excluding ortho intramolecular Hbond substituents is 1. The van der Waals surface area contributed by atoms with Crippen molar-refractivity contribution in [2.45, 2.75) is 12.4 Å². The largest absolute Gasteiger partial charge is 0.508 e. The molecular formula is C9H11NO3. The molecule has 4 nitrogen and oxygen atoms in total. The van der Waals surface area contributed by atoms with E-state index < -0.39 is 18.4 Å². The fourth-order valence-corrected chi connectivity index (χ4v) is 0.735. The van der Waals surface area contributed by atoms with Crippen molar-refractivity contribution >= 4 is 5.97 Å². The highest BCUT2D eigenvalue weighted by atomic mass is 16.4. The minimum absolute atomic E-state index is 0.0700. The molecule has 0 fully saturated rings. The van der Waals surface area contributed by atoms with Crippen molar-refractivity contribution in [3.8, 4) is 5.75 Å². The third-order valence-electron chi connectivity index (χ3n) is 1.29. The van der Waals surface area contributed by atoms with Crippen molar-refractivity contribution in [3.05, 3.63) is 29.8 Å². The zero-order chi connectivity index (χ0) is 15.5. The first kappa shape index (κ1) is 3.67. The Morgan fingerprint density at radius 3 is 3.62 bits per heavy atom. The van der Waals surface area contributed by atoms with Gasteiger partial charge < -0.3 is 15.9 Å². The van der Waals surface area contributed by atoms with Crippen LogP contribution in [0.5, 0.6) is 5.75 Å². The summed E-state index contributed by atoms with van der Waals surface area (Å²) in [5.41, 5.74) is -0.591. The Hall–Kier alpha value is -1.55. The van der Waals surface area contributed by atoms with Gasteiger partial charge in [-0.1, -0.05) is 12.1 Å². The van der Waals surface area contributed by atoms with Gasteiger partial charge in [0.2, 0.25) is 0 Å². The highest BCUT2D eigenvalue weighted by Gasteiger charge is 2.11. The van der Waals surface area contributed by atoms with Crippen molar-refractivity contribution in [2.75, 3.05) is 0 Å². The van der Waals surface area contributed by atoms with Gasteiger partial charge >= 0.3 is 5.97 Å². The lowest BCUT2D eigenvalue weighted by Crippen LogP contribution is -2.32. The van der Waals surface area contributed by atoms with E-state index in [9.17, 15) is 4.79 Å². The predicted molar refractivity (Wildman–Crippen MR) is 47.4 cm³/mol. The molecule has 0 saturated carbocycles. The maximum absolute atomic E-state index is 11.4. The van der Waals surface area contributed by atoms with E-state index in [1.807, 2.05) is 0 Å². The maximum Gasteiger partial charge on any atom is 0.320 e. The molecule has 1 aromatic carbocycles. The molecule has 1 atom stereocenters. The molecule has 1 rings (SSSR count). The molecule has 0 aliphatic rings. The summed E-state index contributed by atoms with van der Waals surface area (Å²) >= 11 is 0. The van der Waals surface area contributed by atoms with Gasteiger partial charge in [-0.3, -0.25) is 4.79 Å². The molecule has 0 aliphatic carbocycles. The molecule has 4 heteroatoms. The first-order valence-electron chi connectivity index (χ1n) is 6.65. The molecule has 0 unspecified atom stereocenters. The van der Waals surface area contributed by atoms with E-state index in [4.69, 9.17) is 9.80 Å². The van der Waals surface area contributed by atoms with Crippen LogP contribution in [0.1, 0.15) is 9.68 Å². The molecule has 0 amide bonds. The Kier molecular flexibility index (Phi) is 1.10. The molecular weight excluding hydrogens is 170 g/mol. The smallest absolute Gasteiger partial charge is 0.320 e. The summed E-state index contributed by atoms with van der Waals surface area (Å²) in [6.45, 7) is 0. The van der Waals surface area contributed by atoms with Crippen LogP contribution in [0.25, 0.3) is 1.43 Å². The molecule has 0 aromatic heterocycles. The Morgan fingerprint density at radius 1 is 2.00 bits per heavy atom. The number of benzene rings is 1. The monoisotopic (exact) mass is 188 g/mol. The summed E-state index contributed by atoms with van der Waals surface area (Å²) in [5, 5.41) is 7.81. The number of nitrogens with two attached hydrogens (primary N) is 1. The minimum Gasteiger partial charge on any atom is -0.508 e. The lowest BCUT2D eigenvalue weighted by atomic mass is 10.1. The normalized spacial score (nSPS) is 20.8. The van der Waals surface area contributed by atoms with Gasteiger partial charge in [-0.15, -0.1) is 0 Å². The second-order valence-electron chi connectivity index (χ2n) is 2.30. The molecule has 13 heavy (non-hydrogen) atoms. The summed E-state index contributed by atoms with van der Waals surface area (Å²) in [7, 11) is 0. The molecule has 1 aromatic rings. The van der Waals surface area contributed by atoms with Crippen LogP contribution in [-0.4, -0.2) is 23.7 Å². The number of phenols is 1. The first-order chi connectivity index (χ1) is 9.25. The SMILES string of the molecule is [2H]OC(=O)[C@@H](N([2H])[2H])C([2H])([2H])c1cc(O[2H])ccc1[2H]. The maximum atomic E-state index is 11.4. The van der Waals surface area contributed by atoms with Gasteiger partial charge in [-0.2, -0.15) is 0 Å². The van der Waals surface area contributed by atoms with Crippen LogP contribution in [0, 0.1) is 0 Å². The quantitative estimate of drug-likeness (QED) is 0.622. The van der Waals surface area contributed by atoms with Gasteiger partial charge in [-0.05, 0) is 24.1 Å². The predicted octanol–water partition coefficient (Wildman–Crippen LogP) is 0.347. The Morgan fingerprint density at radius 2 is 2.92 bits per heavy atom. The zero-order valence-electron chi connectivity index (χ0n) is 13.5. The second kappa shape index (κ2) is 3.91. The third-order valence-corrected chi connectivity index (χ3v) is 1.29. The van der Waals surface area contributed by atoms with Crippen molar-refractivity contribution in [2.24, 2.45) is 5.72 Å². The van der Waals surface area contributed by atoms with E-state index in [-0.39, 0.29) is 23.1 Å². The molecule has 0 aliphatic heterocycles. The third kappa shape index (κ3) is 2.76. The Balaban J connectivity index is 3.35. The highest BCUT2D eigenvalue weighted by Crippen LogP contribution is 2.11. The highest BCUT2D eigenvalue weighted by molar-refractivity contribution is 5.73. The van der Waals surface area contributed by atoms with Gasteiger partial charge in [0, 0.05) is 2.74 Å².